The molecule has 0 bridgehead atoms. The minimum absolute atomic E-state index is 0.162. The fourth-order valence-corrected chi connectivity index (χ4v) is 4.83. The van der Waals surface area contributed by atoms with Crippen molar-refractivity contribution >= 4 is 22.6 Å². The van der Waals surface area contributed by atoms with E-state index in [0.717, 1.165) is 13.8 Å². The number of rotatable bonds is 6. The maximum atomic E-state index is 15.9. The third-order valence-corrected chi connectivity index (χ3v) is 9.25. The van der Waals surface area contributed by atoms with E-state index in [1.807, 2.05) is 27.7 Å². The maximum Gasteiger partial charge on any atom is 0.397 e. The SMILES string of the molecule is CC(C)(CC(C)(C)C(C)(C)C(F)(I)C(C)(C)C(F)(F)F)C1COCCO1. The summed E-state index contributed by atoms with van der Waals surface area (Å²) in [5, 5.41) is 0. The van der Waals surface area contributed by atoms with E-state index in [4.69, 9.17) is 9.47 Å². The summed E-state index contributed by atoms with van der Waals surface area (Å²) in [5.41, 5.74) is -4.84. The van der Waals surface area contributed by atoms with Gasteiger partial charge in [-0.2, -0.15) is 13.2 Å². The van der Waals surface area contributed by atoms with Crippen LogP contribution in [0.1, 0.15) is 61.8 Å². The van der Waals surface area contributed by atoms with Crippen molar-refractivity contribution in [1.29, 1.82) is 0 Å². The van der Waals surface area contributed by atoms with Crippen LogP contribution in [0.3, 0.4) is 0 Å². The fraction of sp³-hybridized carbons (Fsp3) is 1.00. The molecule has 1 heterocycles. The highest BCUT2D eigenvalue weighted by Gasteiger charge is 2.69. The van der Waals surface area contributed by atoms with Crippen molar-refractivity contribution in [3.8, 4) is 0 Å². The first-order valence-electron chi connectivity index (χ1n) is 8.95. The van der Waals surface area contributed by atoms with E-state index in [0.29, 0.717) is 26.2 Å². The monoisotopic (exact) mass is 496 g/mol. The number of hydrogen-bond donors (Lipinski definition) is 0. The molecular formula is C19H33F4IO2. The molecule has 1 aliphatic heterocycles. The minimum Gasteiger partial charge on any atom is -0.376 e. The van der Waals surface area contributed by atoms with Crippen LogP contribution < -0.4 is 0 Å². The summed E-state index contributed by atoms with van der Waals surface area (Å²) in [7, 11) is 0. The van der Waals surface area contributed by atoms with Gasteiger partial charge in [-0.15, -0.1) is 0 Å². The standard InChI is InChI=1S/C19H33F4IO2/c1-14(2,13-11-25-9-10-26-13)12-15(3,4)16(5,6)18(20,24)17(7,8)19(21,22)23/h13H,9-12H2,1-8H3. The Morgan fingerprint density at radius 1 is 0.846 bits per heavy atom. The van der Waals surface area contributed by atoms with E-state index in [1.165, 1.54) is 22.6 Å². The average molecular weight is 496 g/mol. The molecule has 0 aromatic carbocycles. The first-order valence-corrected chi connectivity index (χ1v) is 10.0. The Morgan fingerprint density at radius 3 is 1.73 bits per heavy atom. The van der Waals surface area contributed by atoms with Gasteiger partial charge in [-0.1, -0.05) is 41.5 Å². The lowest BCUT2D eigenvalue weighted by Gasteiger charge is -2.56. The summed E-state index contributed by atoms with van der Waals surface area (Å²) in [5.74, 6) is 0. The van der Waals surface area contributed by atoms with Crippen LogP contribution in [0.25, 0.3) is 0 Å². The number of alkyl halides is 5. The van der Waals surface area contributed by atoms with E-state index in [2.05, 4.69) is 0 Å². The summed E-state index contributed by atoms with van der Waals surface area (Å²) in [6, 6.07) is 0. The van der Waals surface area contributed by atoms with Crippen molar-refractivity contribution in [2.45, 2.75) is 77.8 Å². The van der Waals surface area contributed by atoms with Gasteiger partial charge in [0, 0.05) is 5.41 Å². The van der Waals surface area contributed by atoms with E-state index in [-0.39, 0.29) is 11.5 Å². The van der Waals surface area contributed by atoms with Gasteiger partial charge in [-0.3, -0.25) is 0 Å². The van der Waals surface area contributed by atoms with Crippen LogP contribution in [0, 0.1) is 21.7 Å². The van der Waals surface area contributed by atoms with Gasteiger partial charge < -0.3 is 9.47 Å². The molecular weight excluding hydrogens is 463 g/mol. The number of ether oxygens (including phenoxy) is 2. The zero-order valence-corrected chi connectivity index (χ0v) is 19.3. The van der Waals surface area contributed by atoms with Gasteiger partial charge in [-0.05, 0) is 53.7 Å². The van der Waals surface area contributed by atoms with Gasteiger partial charge in [0.2, 0.25) is 0 Å². The predicted octanol–water partition coefficient (Wildman–Crippen LogP) is 6.56. The molecule has 2 unspecified atom stereocenters. The third-order valence-electron chi connectivity index (χ3n) is 6.56. The van der Waals surface area contributed by atoms with Crippen LogP contribution in [0.15, 0.2) is 0 Å². The first kappa shape index (κ1) is 24.4. The van der Waals surface area contributed by atoms with Crippen LogP contribution in [-0.2, 0) is 9.47 Å². The number of hydrogen-bond acceptors (Lipinski definition) is 2. The van der Waals surface area contributed by atoms with Gasteiger partial charge in [0.1, 0.15) is 5.41 Å². The predicted molar refractivity (Wildman–Crippen MR) is 104 cm³/mol. The van der Waals surface area contributed by atoms with Gasteiger partial charge in [0.05, 0.1) is 25.9 Å². The maximum absolute atomic E-state index is 15.9. The largest absolute Gasteiger partial charge is 0.397 e. The van der Waals surface area contributed by atoms with Crippen LogP contribution in [0.5, 0.6) is 0 Å². The zero-order chi connectivity index (χ0) is 20.8. The fourth-order valence-electron chi connectivity index (χ4n) is 3.80. The second-order valence-electron chi connectivity index (χ2n) is 9.81. The molecule has 0 aromatic heterocycles. The summed E-state index contributed by atoms with van der Waals surface area (Å²) < 4.78 is 65.4. The van der Waals surface area contributed by atoms with Crippen LogP contribution in [0.2, 0.25) is 0 Å². The molecule has 1 rings (SSSR count). The molecule has 0 amide bonds. The molecule has 2 atom stereocenters. The Balaban J connectivity index is 3.18. The lowest BCUT2D eigenvalue weighted by Crippen LogP contribution is -2.59. The van der Waals surface area contributed by atoms with Gasteiger partial charge >= 0.3 is 6.18 Å². The van der Waals surface area contributed by atoms with Crippen LogP contribution in [-0.4, -0.2) is 35.8 Å². The van der Waals surface area contributed by atoms with E-state index in [9.17, 15) is 13.2 Å². The van der Waals surface area contributed by atoms with Gasteiger partial charge in [0.15, 0.2) is 3.68 Å². The normalized spacial score (nSPS) is 23.7. The Bertz CT molecular complexity index is 490. The highest BCUT2D eigenvalue weighted by Crippen LogP contribution is 2.65. The Hall–Kier alpha value is 0.370. The van der Waals surface area contributed by atoms with Gasteiger partial charge in [-0.25, -0.2) is 4.39 Å². The molecule has 1 saturated heterocycles. The topological polar surface area (TPSA) is 18.5 Å². The van der Waals surface area contributed by atoms with E-state index < -0.39 is 26.1 Å². The van der Waals surface area contributed by atoms with Crippen molar-refractivity contribution in [3.05, 3.63) is 0 Å². The Labute approximate surface area is 168 Å². The van der Waals surface area contributed by atoms with Gasteiger partial charge in [0.25, 0.3) is 0 Å². The van der Waals surface area contributed by atoms with Crippen molar-refractivity contribution in [1.82, 2.24) is 0 Å². The zero-order valence-electron chi connectivity index (χ0n) is 17.1. The molecule has 1 fully saturated rings. The lowest BCUT2D eigenvalue weighted by molar-refractivity contribution is -0.257. The van der Waals surface area contributed by atoms with Crippen LogP contribution >= 0.6 is 22.6 Å². The molecule has 0 aromatic rings. The highest BCUT2D eigenvalue weighted by atomic mass is 127. The van der Waals surface area contributed by atoms with Crippen molar-refractivity contribution in [2.75, 3.05) is 19.8 Å². The summed E-state index contributed by atoms with van der Waals surface area (Å²) >= 11 is 1.38. The third kappa shape index (κ3) is 4.19. The molecule has 26 heavy (non-hydrogen) atoms. The Kier molecular flexibility index (Phi) is 6.87. The van der Waals surface area contributed by atoms with Crippen molar-refractivity contribution in [2.24, 2.45) is 21.7 Å². The minimum atomic E-state index is -4.65. The molecule has 156 valence electrons. The second kappa shape index (κ2) is 7.32. The lowest BCUT2D eigenvalue weighted by atomic mass is 9.55. The Morgan fingerprint density at radius 2 is 1.35 bits per heavy atom. The van der Waals surface area contributed by atoms with Crippen LogP contribution in [0.4, 0.5) is 17.6 Å². The molecule has 0 aliphatic carbocycles. The van der Waals surface area contributed by atoms with E-state index in [1.54, 1.807) is 13.8 Å². The van der Waals surface area contributed by atoms with Crippen molar-refractivity contribution < 1.29 is 27.0 Å². The quantitative estimate of drug-likeness (QED) is 0.236. The highest BCUT2D eigenvalue weighted by molar-refractivity contribution is 14.1. The molecule has 0 N–H and O–H groups in total. The molecule has 2 nitrogen and oxygen atoms in total. The first-order chi connectivity index (χ1) is 11.3. The summed E-state index contributed by atoms with van der Waals surface area (Å²) in [6.07, 6.45) is -4.30. The molecule has 0 radical (unpaired) electrons. The molecule has 1 aliphatic rings. The smallest absolute Gasteiger partial charge is 0.376 e. The molecule has 7 heteroatoms. The number of halogens is 5. The second-order valence-corrected chi connectivity index (χ2v) is 11.3. The average Bonchev–Trinajstić information content (AvgIpc) is 2.45. The van der Waals surface area contributed by atoms with Crippen molar-refractivity contribution in [3.63, 3.8) is 0 Å². The van der Waals surface area contributed by atoms with E-state index >= 15 is 4.39 Å². The molecule has 0 spiro atoms. The summed E-state index contributed by atoms with van der Waals surface area (Å²) in [4.78, 5) is 0. The summed E-state index contributed by atoms with van der Waals surface area (Å²) in [6.45, 7) is 14.3. The molecule has 0 saturated carbocycles.